The van der Waals surface area contributed by atoms with E-state index >= 15 is 0 Å². The molecule has 0 heterocycles. The monoisotopic (exact) mass is 416 g/mol. The number of carbonyl (C=O) groups is 1. The molecule has 10 heteroatoms. The first-order chi connectivity index (χ1) is 12.6. The van der Waals surface area contributed by atoms with Gasteiger partial charge in [0.15, 0.2) is 11.5 Å². The fraction of sp³-hybridized carbons (Fsp3) is 0.235. The predicted molar refractivity (Wildman–Crippen MR) is 102 cm³/mol. The van der Waals surface area contributed by atoms with E-state index in [2.05, 4.69) is 5.32 Å². The number of amides is 1. The van der Waals surface area contributed by atoms with E-state index in [1.807, 2.05) is 4.72 Å². The molecule has 0 fully saturated rings. The Kier molecular flexibility index (Phi) is 6.50. The number of benzene rings is 2. The van der Waals surface area contributed by atoms with Crippen LogP contribution < -0.4 is 19.5 Å². The minimum Gasteiger partial charge on any atom is -0.493 e. The van der Waals surface area contributed by atoms with Gasteiger partial charge in [0, 0.05) is 11.3 Å². The number of carbonyl (C=O) groups excluding carboxylic acids is 1. The zero-order chi connectivity index (χ0) is 20.2. The third-order valence-corrected chi connectivity index (χ3v) is 4.17. The molecule has 1 amide bonds. The Labute approximate surface area is 161 Å². The zero-order valence-corrected chi connectivity index (χ0v) is 16.4. The van der Waals surface area contributed by atoms with Crippen LogP contribution >= 0.6 is 11.6 Å². The zero-order valence-electron chi connectivity index (χ0n) is 14.8. The number of nitrogens with one attached hydrogen (secondary N) is 2. The van der Waals surface area contributed by atoms with Crippen molar-refractivity contribution < 1.29 is 27.1 Å². The van der Waals surface area contributed by atoms with Crippen molar-refractivity contribution in [2.75, 3.05) is 30.0 Å². The highest BCUT2D eigenvalue weighted by atomic mass is 35.5. The van der Waals surface area contributed by atoms with E-state index in [0.29, 0.717) is 12.4 Å². The lowest BCUT2D eigenvalue weighted by Crippen LogP contribution is -2.14. The van der Waals surface area contributed by atoms with Gasteiger partial charge in [-0.3, -0.25) is 9.52 Å². The molecule has 0 bridgehead atoms. The summed E-state index contributed by atoms with van der Waals surface area (Å²) in [6, 6.07) is 6.36. The Balaban J connectivity index is 2.30. The Hall–Kier alpha value is -2.52. The lowest BCUT2D eigenvalue weighted by Gasteiger charge is -2.13. The maximum Gasteiger partial charge on any atom is 0.255 e. The number of rotatable bonds is 7. The molecule has 0 unspecified atom stereocenters. The van der Waals surface area contributed by atoms with Crippen molar-refractivity contribution in [2.45, 2.75) is 6.92 Å². The summed E-state index contributed by atoms with van der Waals surface area (Å²) in [6.07, 6.45) is 0.895. The number of sulfonamides is 1. The SMILES string of the molecule is CCOc1c(Cl)cc(C(=O)Nc2ccc(F)c(NS(C)(=O)=O)c2)cc1OC. The van der Waals surface area contributed by atoms with E-state index in [0.717, 1.165) is 12.3 Å². The van der Waals surface area contributed by atoms with Gasteiger partial charge in [0.25, 0.3) is 5.91 Å². The van der Waals surface area contributed by atoms with Crippen LogP contribution in [0.3, 0.4) is 0 Å². The Bertz CT molecular complexity index is 966. The maximum atomic E-state index is 13.7. The summed E-state index contributed by atoms with van der Waals surface area (Å²) in [5.74, 6) is -0.716. The van der Waals surface area contributed by atoms with E-state index in [9.17, 15) is 17.6 Å². The molecule has 7 nitrogen and oxygen atoms in total. The van der Waals surface area contributed by atoms with Crippen molar-refractivity contribution >= 4 is 38.9 Å². The standard InChI is InChI=1S/C17H18ClFN2O5S/c1-4-26-16-12(18)7-10(8-15(16)25-2)17(22)20-11-5-6-13(19)14(9-11)21-27(3,23)24/h5-9,21H,4H2,1-3H3,(H,20,22). The molecule has 2 N–H and O–H groups in total. The van der Waals surface area contributed by atoms with Crippen LogP contribution in [0.4, 0.5) is 15.8 Å². The molecule has 146 valence electrons. The third-order valence-electron chi connectivity index (χ3n) is 3.30. The van der Waals surface area contributed by atoms with Crippen molar-refractivity contribution in [3.63, 3.8) is 0 Å². The van der Waals surface area contributed by atoms with Crippen LogP contribution in [0.5, 0.6) is 11.5 Å². The minimum atomic E-state index is -3.67. The van der Waals surface area contributed by atoms with Crippen molar-refractivity contribution in [1.29, 1.82) is 0 Å². The molecule has 0 spiro atoms. The smallest absolute Gasteiger partial charge is 0.255 e. The lowest BCUT2D eigenvalue weighted by molar-refractivity contribution is 0.102. The van der Waals surface area contributed by atoms with Gasteiger partial charge in [-0.25, -0.2) is 12.8 Å². The Morgan fingerprint density at radius 2 is 1.96 bits per heavy atom. The normalized spacial score (nSPS) is 11.0. The molecule has 0 aliphatic carbocycles. The van der Waals surface area contributed by atoms with E-state index < -0.39 is 21.7 Å². The fourth-order valence-corrected chi connectivity index (χ4v) is 3.04. The number of hydrogen-bond acceptors (Lipinski definition) is 5. The summed E-state index contributed by atoms with van der Waals surface area (Å²) in [7, 11) is -2.26. The van der Waals surface area contributed by atoms with Crippen molar-refractivity contribution in [3.05, 3.63) is 46.7 Å². The Morgan fingerprint density at radius 3 is 2.56 bits per heavy atom. The molecule has 2 aromatic carbocycles. The summed E-state index contributed by atoms with van der Waals surface area (Å²) in [4.78, 5) is 12.5. The summed E-state index contributed by atoms with van der Waals surface area (Å²) in [5, 5.41) is 2.74. The first kappa shape index (κ1) is 20.8. The molecule has 0 saturated heterocycles. The second kappa shape index (κ2) is 8.45. The summed E-state index contributed by atoms with van der Waals surface area (Å²) in [6.45, 7) is 2.15. The van der Waals surface area contributed by atoms with E-state index in [-0.39, 0.29) is 27.7 Å². The second-order valence-corrected chi connectivity index (χ2v) is 7.60. The third kappa shape index (κ3) is 5.48. The van der Waals surface area contributed by atoms with Gasteiger partial charge in [-0.2, -0.15) is 0 Å². The highest BCUT2D eigenvalue weighted by Gasteiger charge is 2.17. The van der Waals surface area contributed by atoms with E-state index in [1.165, 1.54) is 31.4 Å². The Morgan fingerprint density at radius 1 is 1.26 bits per heavy atom. The molecule has 2 rings (SSSR count). The number of methoxy groups -OCH3 is 1. The first-order valence-electron chi connectivity index (χ1n) is 7.73. The minimum absolute atomic E-state index is 0.183. The second-order valence-electron chi connectivity index (χ2n) is 5.45. The number of hydrogen-bond donors (Lipinski definition) is 2. The summed E-state index contributed by atoms with van der Waals surface area (Å²) < 4.78 is 49.0. The van der Waals surface area contributed by atoms with Gasteiger partial charge < -0.3 is 14.8 Å². The highest BCUT2D eigenvalue weighted by molar-refractivity contribution is 7.92. The number of ether oxygens (including phenoxy) is 2. The van der Waals surface area contributed by atoms with Crippen LogP contribution in [-0.4, -0.2) is 34.3 Å². The molecular weight excluding hydrogens is 399 g/mol. The first-order valence-corrected chi connectivity index (χ1v) is 10.0. The average Bonchev–Trinajstić information content (AvgIpc) is 2.58. The van der Waals surface area contributed by atoms with Crippen LogP contribution in [-0.2, 0) is 10.0 Å². The van der Waals surface area contributed by atoms with Crippen LogP contribution in [0, 0.1) is 5.82 Å². The van der Waals surface area contributed by atoms with Gasteiger partial charge in [0.1, 0.15) is 5.82 Å². The number of halogens is 2. The molecule has 2 aromatic rings. The summed E-state index contributed by atoms with van der Waals surface area (Å²) >= 11 is 6.15. The van der Waals surface area contributed by atoms with Gasteiger partial charge in [0.2, 0.25) is 10.0 Å². The van der Waals surface area contributed by atoms with Crippen LogP contribution in [0.15, 0.2) is 30.3 Å². The number of anilines is 2. The maximum absolute atomic E-state index is 13.7. The van der Waals surface area contributed by atoms with E-state index in [1.54, 1.807) is 6.92 Å². The van der Waals surface area contributed by atoms with Gasteiger partial charge in [-0.1, -0.05) is 11.6 Å². The van der Waals surface area contributed by atoms with Crippen LogP contribution in [0.1, 0.15) is 17.3 Å². The molecule has 27 heavy (non-hydrogen) atoms. The average molecular weight is 417 g/mol. The molecule has 0 atom stereocenters. The molecule has 0 aliphatic rings. The lowest BCUT2D eigenvalue weighted by atomic mass is 10.1. The van der Waals surface area contributed by atoms with Gasteiger partial charge in [-0.15, -0.1) is 0 Å². The van der Waals surface area contributed by atoms with Crippen molar-refractivity contribution in [3.8, 4) is 11.5 Å². The van der Waals surface area contributed by atoms with Crippen molar-refractivity contribution in [2.24, 2.45) is 0 Å². The highest BCUT2D eigenvalue weighted by Crippen LogP contribution is 2.36. The quantitative estimate of drug-likeness (QED) is 0.720. The fourth-order valence-electron chi connectivity index (χ4n) is 2.22. The van der Waals surface area contributed by atoms with E-state index in [4.69, 9.17) is 21.1 Å². The molecule has 0 aliphatic heterocycles. The molecule has 0 saturated carbocycles. The molecule has 0 radical (unpaired) electrons. The molecular formula is C17H18ClFN2O5S. The topological polar surface area (TPSA) is 93.7 Å². The van der Waals surface area contributed by atoms with Gasteiger partial charge in [0.05, 0.1) is 30.7 Å². The van der Waals surface area contributed by atoms with Crippen LogP contribution in [0.2, 0.25) is 5.02 Å². The largest absolute Gasteiger partial charge is 0.493 e. The van der Waals surface area contributed by atoms with Gasteiger partial charge >= 0.3 is 0 Å². The van der Waals surface area contributed by atoms with Crippen molar-refractivity contribution in [1.82, 2.24) is 0 Å². The predicted octanol–water partition coefficient (Wildman–Crippen LogP) is 3.51. The summed E-state index contributed by atoms with van der Waals surface area (Å²) in [5.41, 5.74) is 0.0939. The molecule has 0 aromatic heterocycles. The van der Waals surface area contributed by atoms with Gasteiger partial charge in [-0.05, 0) is 37.3 Å². The van der Waals surface area contributed by atoms with Crippen LogP contribution in [0.25, 0.3) is 0 Å².